The second-order valence-electron chi connectivity index (χ2n) is 2.83. The van der Waals surface area contributed by atoms with Crippen LogP contribution in [0.2, 0.25) is 10.0 Å². The van der Waals surface area contributed by atoms with Gasteiger partial charge in [0, 0.05) is 17.1 Å². The molecule has 0 fully saturated rings. The van der Waals surface area contributed by atoms with Gasteiger partial charge in [-0.3, -0.25) is 0 Å². The maximum Gasteiger partial charge on any atom is 0.0658 e. The van der Waals surface area contributed by atoms with E-state index in [1.54, 1.807) is 6.07 Å². The Balaban J connectivity index is 2.59. The molecule has 1 aromatic rings. The molecule has 0 bridgehead atoms. The molecule has 3 heteroatoms. The average Bonchev–Trinajstić information content (AvgIpc) is 2.29. The van der Waals surface area contributed by atoms with E-state index in [0.717, 1.165) is 23.4 Å². The van der Waals surface area contributed by atoms with Gasteiger partial charge in [0.05, 0.1) is 10.7 Å². The predicted octanol–water partition coefficient (Wildman–Crippen LogP) is 3.48. The molecule has 2 rings (SSSR count). The van der Waals surface area contributed by atoms with E-state index in [0.29, 0.717) is 10.0 Å². The number of nitrogens with one attached hydrogen (secondary N) is 1. The molecule has 1 N–H and O–H groups in total. The number of hydrogen-bond donors (Lipinski definition) is 1. The number of allylic oxidation sites excluding steroid dienone is 1. The van der Waals surface area contributed by atoms with Crippen LogP contribution in [-0.2, 0) is 6.42 Å². The van der Waals surface area contributed by atoms with Crippen molar-refractivity contribution < 1.29 is 0 Å². The summed E-state index contributed by atoms with van der Waals surface area (Å²) in [7, 11) is 0. The fourth-order valence-corrected chi connectivity index (χ4v) is 1.94. The van der Waals surface area contributed by atoms with Gasteiger partial charge < -0.3 is 5.32 Å². The van der Waals surface area contributed by atoms with Crippen molar-refractivity contribution in [3.63, 3.8) is 0 Å². The SMILES string of the molecule is C=C1Cc2cc(Cl)cc(Cl)c2N1. The molecule has 0 radical (unpaired) electrons. The van der Waals surface area contributed by atoms with E-state index in [4.69, 9.17) is 23.2 Å². The largest absolute Gasteiger partial charge is 0.358 e. The fraction of sp³-hybridized carbons (Fsp3) is 0.111. The summed E-state index contributed by atoms with van der Waals surface area (Å²) in [6.07, 6.45) is 0.815. The summed E-state index contributed by atoms with van der Waals surface area (Å²) in [5.74, 6) is 0. The highest BCUT2D eigenvalue weighted by atomic mass is 35.5. The molecule has 0 saturated heterocycles. The van der Waals surface area contributed by atoms with Gasteiger partial charge in [-0.05, 0) is 17.7 Å². The molecule has 0 spiro atoms. The van der Waals surface area contributed by atoms with Gasteiger partial charge in [-0.1, -0.05) is 29.8 Å². The molecule has 0 aromatic heterocycles. The molecule has 1 nitrogen and oxygen atoms in total. The van der Waals surface area contributed by atoms with Crippen LogP contribution in [0.3, 0.4) is 0 Å². The van der Waals surface area contributed by atoms with Crippen molar-refractivity contribution in [2.24, 2.45) is 0 Å². The summed E-state index contributed by atoms with van der Waals surface area (Å²) in [5, 5.41) is 4.45. The molecular weight excluding hydrogens is 193 g/mol. The highest BCUT2D eigenvalue weighted by molar-refractivity contribution is 6.36. The first-order valence-corrected chi connectivity index (χ1v) is 4.35. The summed E-state index contributed by atoms with van der Waals surface area (Å²) in [4.78, 5) is 0. The Morgan fingerprint density at radius 1 is 1.33 bits per heavy atom. The van der Waals surface area contributed by atoms with Gasteiger partial charge in [-0.25, -0.2) is 0 Å². The van der Waals surface area contributed by atoms with Crippen LogP contribution in [-0.4, -0.2) is 0 Å². The minimum absolute atomic E-state index is 0.663. The maximum atomic E-state index is 5.95. The Bertz CT molecular complexity index is 358. The zero-order valence-electron chi connectivity index (χ0n) is 6.32. The van der Waals surface area contributed by atoms with Crippen LogP contribution < -0.4 is 5.32 Å². The van der Waals surface area contributed by atoms with Crippen LogP contribution in [0, 0.1) is 0 Å². The van der Waals surface area contributed by atoms with Gasteiger partial charge >= 0.3 is 0 Å². The lowest BCUT2D eigenvalue weighted by Crippen LogP contribution is -1.88. The van der Waals surface area contributed by atoms with Crippen molar-refractivity contribution >= 4 is 28.9 Å². The normalized spacial score (nSPS) is 14.3. The van der Waals surface area contributed by atoms with E-state index in [-0.39, 0.29) is 0 Å². The van der Waals surface area contributed by atoms with E-state index in [2.05, 4.69) is 11.9 Å². The smallest absolute Gasteiger partial charge is 0.0658 e. The van der Waals surface area contributed by atoms with Crippen molar-refractivity contribution in [1.29, 1.82) is 0 Å². The fourth-order valence-electron chi connectivity index (χ4n) is 1.36. The minimum atomic E-state index is 0.663. The van der Waals surface area contributed by atoms with Crippen molar-refractivity contribution in [2.45, 2.75) is 6.42 Å². The van der Waals surface area contributed by atoms with Crippen LogP contribution >= 0.6 is 23.2 Å². The van der Waals surface area contributed by atoms with Gasteiger partial charge in [0.15, 0.2) is 0 Å². The first-order chi connectivity index (χ1) is 5.66. The average molecular weight is 200 g/mol. The monoisotopic (exact) mass is 199 g/mol. The van der Waals surface area contributed by atoms with Gasteiger partial charge in [0.1, 0.15) is 0 Å². The molecule has 0 amide bonds. The molecule has 1 heterocycles. The highest BCUT2D eigenvalue weighted by Crippen LogP contribution is 2.36. The zero-order valence-corrected chi connectivity index (χ0v) is 7.84. The van der Waals surface area contributed by atoms with Crippen LogP contribution in [0.5, 0.6) is 0 Å². The summed E-state index contributed by atoms with van der Waals surface area (Å²) in [6, 6.07) is 3.64. The molecule has 12 heavy (non-hydrogen) atoms. The molecule has 0 aliphatic carbocycles. The number of halogens is 2. The third kappa shape index (κ3) is 1.19. The summed E-state index contributed by atoms with van der Waals surface area (Å²) in [5.41, 5.74) is 3.04. The van der Waals surface area contributed by atoms with E-state index in [1.807, 2.05) is 6.07 Å². The van der Waals surface area contributed by atoms with E-state index < -0.39 is 0 Å². The lowest BCUT2D eigenvalue weighted by molar-refractivity contribution is 1.26. The van der Waals surface area contributed by atoms with Gasteiger partial charge in [0.25, 0.3) is 0 Å². The number of hydrogen-bond acceptors (Lipinski definition) is 1. The quantitative estimate of drug-likeness (QED) is 0.675. The summed E-state index contributed by atoms with van der Waals surface area (Å²) < 4.78 is 0. The third-order valence-corrected chi connectivity index (χ3v) is 2.36. The first kappa shape index (κ1) is 7.96. The Morgan fingerprint density at radius 2 is 2.08 bits per heavy atom. The number of fused-ring (bicyclic) bond motifs is 1. The molecule has 62 valence electrons. The van der Waals surface area contributed by atoms with E-state index in [1.165, 1.54) is 0 Å². The Morgan fingerprint density at radius 3 is 2.83 bits per heavy atom. The van der Waals surface area contributed by atoms with Crippen molar-refractivity contribution in [3.05, 3.63) is 40.0 Å². The Hall–Kier alpha value is -0.660. The van der Waals surface area contributed by atoms with Crippen LogP contribution in [0.4, 0.5) is 5.69 Å². The molecule has 0 saturated carbocycles. The second-order valence-corrected chi connectivity index (χ2v) is 3.67. The Labute approximate surface area is 81.0 Å². The molecule has 1 aromatic carbocycles. The van der Waals surface area contributed by atoms with Crippen molar-refractivity contribution in [1.82, 2.24) is 0 Å². The topological polar surface area (TPSA) is 12.0 Å². The van der Waals surface area contributed by atoms with Crippen LogP contribution in [0.25, 0.3) is 0 Å². The lowest BCUT2D eigenvalue weighted by atomic mass is 10.1. The summed E-state index contributed by atoms with van der Waals surface area (Å²) >= 11 is 11.8. The van der Waals surface area contributed by atoms with E-state index in [9.17, 15) is 0 Å². The lowest BCUT2D eigenvalue weighted by Gasteiger charge is -2.02. The Kier molecular flexibility index (Phi) is 1.78. The molecule has 0 atom stereocenters. The minimum Gasteiger partial charge on any atom is -0.358 e. The van der Waals surface area contributed by atoms with Gasteiger partial charge in [-0.15, -0.1) is 0 Å². The number of rotatable bonds is 0. The standard InChI is InChI=1S/C9H7Cl2N/c1-5-2-6-3-7(10)4-8(11)9(6)12-5/h3-4,12H,1-2H2. The third-order valence-electron chi connectivity index (χ3n) is 1.84. The molecule has 1 aliphatic rings. The zero-order chi connectivity index (χ0) is 8.72. The van der Waals surface area contributed by atoms with Crippen molar-refractivity contribution in [3.8, 4) is 0 Å². The van der Waals surface area contributed by atoms with Gasteiger partial charge in [0.2, 0.25) is 0 Å². The first-order valence-electron chi connectivity index (χ1n) is 3.59. The molecule has 0 unspecified atom stereocenters. The molecule has 1 aliphatic heterocycles. The maximum absolute atomic E-state index is 5.95. The summed E-state index contributed by atoms with van der Waals surface area (Å²) in [6.45, 7) is 3.83. The van der Waals surface area contributed by atoms with Crippen molar-refractivity contribution in [2.75, 3.05) is 5.32 Å². The number of anilines is 1. The number of benzene rings is 1. The molecular formula is C9H7Cl2N. The van der Waals surface area contributed by atoms with Crippen LogP contribution in [0.1, 0.15) is 5.56 Å². The predicted molar refractivity (Wildman–Crippen MR) is 52.9 cm³/mol. The van der Waals surface area contributed by atoms with Crippen LogP contribution in [0.15, 0.2) is 24.4 Å². The highest BCUT2D eigenvalue weighted by Gasteiger charge is 2.16. The van der Waals surface area contributed by atoms with E-state index >= 15 is 0 Å². The van der Waals surface area contributed by atoms with Gasteiger partial charge in [-0.2, -0.15) is 0 Å². The second kappa shape index (κ2) is 2.68.